The van der Waals surface area contributed by atoms with Crippen molar-refractivity contribution in [3.63, 3.8) is 0 Å². The minimum absolute atomic E-state index is 0.0261. The molecule has 0 atom stereocenters. The quantitative estimate of drug-likeness (QED) is 0.669. The van der Waals surface area contributed by atoms with Gasteiger partial charge in [-0.1, -0.05) is 63.4 Å². The summed E-state index contributed by atoms with van der Waals surface area (Å²) in [5.74, 6) is 0. The second-order valence-corrected chi connectivity index (χ2v) is 7.25. The Bertz CT molecular complexity index is 651. The first-order valence-electron chi connectivity index (χ1n) is 7.81. The third-order valence-corrected chi connectivity index (χ3v) is 4.24. The summed E-state index contributed by atoms with van der Waals surface area (Å²) in [6.07, 6.45) is 7.99. The van der Waals surface area contributed by atoms with Gasteiger partial charge < -0.3 is 4.90 Å². The molecule has 22 heavy (non-hydrogen) atoms. The van der Waals surface area contributed by atoms with Gasteiger partial charge in [0.25, 0.3) is 0 Å². The molecule has 116 valence electrons. The predicted octanol–water partition coefficient (Wildman–Crippen LogP) is 5.77. The Morgan fingerprint density at radius 3 is 2.14 bits per heavy atom. The third-order valence-electron chi connectivity index (χ3n) is 4.24. The van der Waals surface area contributed by atoms with Crippen molar-refractivity contribution in [2.45, 2.75) is 45.6 Å². The van der Waals surface area contributed by atoms with E-state index in [1.807, 2.05) is 12.2 Å². The van der Waals surface area contributed by atoms with Crippen LogP contribution < -0.4 is 4.90 Å². The third kappa shape index (κ3) is 2.56. The van der Waals surface area contributed by atoms with Gasteiger partial charge in [0.05, 0.1) is 0 Å². The van der Waals surface area contributed by atoms with Crippen LogP contribution in [-0.4, -0.2) is 5.54 Å². The van der Waals surface area contributed by atoms with Crippen molar-refractivity contribution in [1.82, 2.24) is 0 Å². The van der Waals surface area contributed by atoms with E-state index < -0.39 is 0 Å². The molecule has 0 bridgehead atoms. The van der Waals surface area contributed by atoms with Crippen molar-refractivity contribution in [3.05, 3.63) is 78.6 Å². The Balaban J connectivity index is 2.88. The largest absolute Gasteiger partial charge is 0.336 e. The van der Waals surface area contributed by atoms with Crippen LogP contribution in [0.25, 0.3) is 0 Å². The molecule has 0 radical (unpaired) electrons. The maximum atomic E-state index is 3.91. The smallest absolute Gasteiger partial charge is 0.0457 e. The van der Waals surface area contributed by atoms with Crippen LogP contribution in [0.4, 0.5) is 5.69 Å². The van der Waals surface area contributed by atoms with Crippen molar-refractivity contribution in [2.75, 3.05) is 4.90 Å². The van der Waals surface area contributed by atoms with Gasteiger partial charge in [-0.2, -0.15) is 0 Å². The van der Waals surface area contributed by atoms with Crippen LogP contribution in [0.3, 0.4) is 0 Å². The molecule has 0 aliphatic carbocycles. The highest BCUT2D eigenvalue weighted by Crippen LogP contribution is 2.49. The van der Waals surface area contributed by atoms with Gasteiger partial charge in [-0.3, -0.25) is 0 Å². The summed E-state index contributed by atoms with van der Waals surface area (Å²) in [6, 6.07) is 8.68. The van der Waals surface area contributed by atoms with E-state index in [-0.39, 0.29) is 11.0 Å². The number of nitrogens with zero attached hydrogens (tertiary/aromatic N) is 1. The second-order valence-electron chi connectivity index (χ2n) is 7.25. The Morgan fingerprint density at radius 1 is 1.00 bits per heavy atom. The summed E-state index contributed by atoms with van der Waals surface area (Å²) in [4.78, 5) is 2.41. The van der Waals surface area contributed by atoms with Gasteiger partial charge >= 0.3 is 0 Å². The van der Waals surface area contributed by atoms with Crippen LogP contribution >= 0.6 is 0 Å². The molecule has 0 spiro atoms. The first kappa shape index (κ1) is 16.4. The number of allylic oxidation sites excluding steroid dienone is 5. The van der Waals surface area contributed by atoms with Crippen LogP contribution in [0.5, 0.6) is 0 Å². The lowest BCUT2D eigenvalue weighted by Crippen LogP contribution is -2.47. The lowest BCUT2D eigenvalue weighted by Gasteiger charge is -2.49. The van der Waals surface area contributed by atoms with Crippen LogP contribution in [0, 0.1) is 0 Å². The summed E-state index contributed by atoms with van der Waals surface area (Å²) in [5, 5.41) is 0. The summed E-state index contributed by atoms with van der Waals surface area (Å²) < 4.78 is 0. The zero-order chi connectivity index (χ0) is 16.5. The fourth-order valence-electron chi connectivity index (χ4n) is 3.32. The van der Waals surface area contributed by atoms with E-state index in [4.69, 9.17) is 0 Å². The van der Waals surface area contributed by atoms with E-state index in [2.05, 4.69) is 89.1 Å². The molecule has 1 aliphatic rings. The number of fused-ring (bicyclic) bond motifs is 1. The van der Waals surface area contributed by atoms with Crippen molar-refractivity contribution < 1.29 is 0 Å². The molecule has 2 rings (SSSR count). The molecule has 1 aromatic carbocycles. The standard InChI is InChI=1S/C21H27N/c1-8-12-16-18(13-9-2)22(20(3,4)5)19-15-11-10-14-17(19)21(16,6)7/h8-15H,1-2H2,3-7H3/b16-12?,18-13+. The zero-order valence-electron chi connectivity index (χ0n) is 14.5. The summed E-state index contributed by atoms with van der Waals surface area (Å²) in [6.45, 7) is 19.1. The Morgan fingerprint density at radius 2 is 1.59 bits per heavy atom. The number of anilines is 1. The zero-order valence-corrected chi connectivity index (χ0v) is 14.5. The van der Waals surface area contributed by atoms with Crippen molar-refractivity contribution in [1.29, 1.82) is 0 Å². The van der Waals surface area contributed by atoms with E-state index >= 15 is 0 Å². The van der Waals surface area contributed by atoms with Crippen LogP contribution in [0.2, 0.25) is 0 Å². The predicted molar refractivity (Wildman–Crippen MR) is 98.3 cm³/mol. The molecule has 1 nitrogen and oxygen atoms in total. The molecular weight excluding hydrogens is 266 g/mol. The Kier molecular flexibility index (Phi) is 4.19. The molecule has 0 unspecified atom stereocenters. The number of rotatable bonds is 2. The van der Waals surface area contributed by atoms with Gasteiger partial charge in [0.15, 0.2) is 0 Å². The normalized spacial score (nSPS) is 20.9. The highest BCUT2D eigenvalue weighted by atomic mass is 15.2. The van der Waals surface area contributed by atoms with Crippen LogP contribution in [0.15, 0.2) is 73.0 Å². The van der Waals surface area contributed by atoms with E-state index in [1.165, 1.54) is 22.5 Å². The SMILES string of the molecule is C=CC=C1/C(=C\C=C)N(C(C)(C)C)c2ccccc2C1(C)C. The summed E-state index contributed by atoms with van der Waals surface area (Å²) >= 11 is 0. The lowest BCUT2D eigenvalue weighted by molar-refractivity contribution is 0.504. The molecule has 0 saturated heterocycles. The molecule has 1 heterocycles. The van der Waals surface area contributed by atoms with Crippen molar-refractivity contribution in [3.8, 4) is 0 Å². The summed E-state index contributed by atoms with van der Waals surface area (Å²) in [5.41, 5.74) is 5.00. The molecule has 1 aliphatic heterocycles. The lowest BCUT2D eigenvalue weighted by atomic mass is 9.71. The number of hydrogen-bond donors (Lipinski definition) is 0. The molecular formula is C21H27N. The van der Waals surface area contributed by atoms with Gasteiger partial charge in [-0.25, -0.2) is 0 Å². The maximum absolute atomic E-state index is 3.91. The fraction of sp³-hybridized carbons (Fsp3) is 0.333. The van der Waals surface area contributed by atoms with Crippen LogP contribution in [-0.2, 0) is 5.41 Å². The molecule has 0 N–H and O–H groups in total. The van der Waals surface area contributed by atoms with E-state index in [9.17, 15) is 0 Å². The van der Waals surface area contributed by atoms with Crippen molar-refractivity contribution in [2.24, 2.45) is 0 Å². The van der Waals surface area contributed by atoms with Gasteiger partial charge in [0.1, 0.15) is 0 Å². The number of hydrogen-bond acceptors (Lipinski definition) is 1. The summed E-state index contributed by atoms with van der Waals surface area (Å²) in [7, 11) is 0. The van der Waals surface area contributed by atoms with E-state index in [0.717, 1.165) is 0 Å². The topological polar surface area (TPSA) is 3.24 Å². The highest BCUT2D eigenvalue weighted by molar-refractivity contribution is 5.73. The maximum Gasteiger partial charge on any atom is 0.0457 e. The molecule has 1 aromatic rings. The average molecular weight is 293 g/mol. The number of benzene rings is 1. The molecule has 0 amide bonds. The fourth-order valence-corrected chi connectivity index (χ4v) is 3.32. The minimum atomic E-state index is -0.0681. The second kappa shape index (κ2) is 5.64. The number of para-hydroxylation sites is 1. The van der Waals surface area contributed by atoms with Gasteiger partial charge in [-0.15, -0.1) is 0 Å². The Hall–Kier alpha value is -2.02. The monoisotopic (exact) mass is 293 g/mol. The molecule has 0 aromatic heterocycles. The van der Waals surface area contributed by atoms with Gasteiger partial charge in [0, 0.05) is 22.3 Å². The minimum Gasteiger partial charge on any atom is -0.336 e. The van der Waals surface area contributed by atoms with Crippen LogP contribution in [0.1, 0.15) is 40.2 Å². The molecule has 0 saturated carbocycles. The Labute approximate surface area is 135 Å². The van der Waals surface area contributed by atoms with Gasteiger partial charge in [0.2, 0.25) is 0 Å². The highest BCUT2D eigenvalue weighted by Gasteiger charge is 2.41. The molecule has 1 heteroatoms. The first-order chi connectivity index (χ1) is 10.2. The van der Waals surface area contributed by atoms with E-state index in [0.29, 0.717) is 0 Å². The van der Waals surface area contributed by atoms with Crippen molar-refractivity contribution >= 4 is 5.69 Å². The van der Waals surface area contributed by atoms with Gasteiger partial charge in [-0.05, 0) is 44.1 Å². The first-order valence-corrected chi connectivity index (χ1v) is 7.81. The average Bonchev–Trinajstić information content (AvgIpc) is 2.42. The molecule has 0 fully saturated rings. The van der Waals surface area contributed by atoms with E-state index in [1.54, 1.807) is 0 Å².